The van der Waals surface area contributed by atoms with Crippen molar-refractivity contribution in [3.63, 3.8) is 0 Å². The number of carbonyl (C=O) groups excluding carboxylic acids is 1. The number of thiophene rings is 1. The van der Waals surface area contributed by atoms with Crippen molar-refractivity contribution in [2.24, 2.45) is 0 Å². The zero-order valence-electron chi connectivity index (χ0n) is 10.8. The molecule has 0 saturated heterocycles. The number of rotatable bonds is 3. The summed E-state index contributed by atoms with van der Waals surface area (Å²) in [4.78, 5) is 18.9. The Labute approximate surface area is 132 Å². The van der Waals surface area contributed by atoms with Crippen LogP contribution in [0.5, 0.6) is 0 Å². The van der Waals surface area contributed by atoms with Crippen LogP contribution in [0.15, 0.2) is 22.1 Å². The predicted octanol–water partition coefficient (Wildman–Crippen LogP) is 4.37. The zero-order valence-corrected chi connectivity index (χ0v) is 14.1. The third-order valence-electron chi connectivity index (χ3n) is 2.84. The molecular formula is C13H11BrN2O2S2. The number of fused-ring (bicyclic) bond motifs is 1. The van der Waals surface area contributed by atoms with E-state index in [4.69, 9.17) is 4.74 Å². The van der Waals surface area contributed by atoms with Crippen LogP contribution in [0.3, 0.4) is 0 Å². The normalized spacial score (nSPS) is 11.2. The van der Waals surface area contributed by atoms with E-state index in [1.807, 2.05) is 29.7 Å². The highest BCUT2D eigenvalue weighted by atomic mass is 79.9. The average Bonchev–Trinajstić information content (AvgIpc) is 3.06. The Kier molecular flexibility index (Phi) is 3.66. The van der Waals surface area contributed by atoms with Gasteiger partial charge in [-0.1, -0.05) is 11.3 Å². The van der Waals surface area contributed by atoms with E-state index in [1.165, 1.54) is 11.3 Å². The highest BCUT2D eigenvalue weighted by Crippen LogP contribution is 2.33. The van der Waals surface area contributed by atoms with Gasteiger partial charge in [-0.3, -0.25) is 4.40 Å². The molecule has 3 aromatic heterocycles. The largest absolute Gasteiger partial charge is 0.462 e. The van der Waals surface area contributed by atoms with Crippen molar-refractivity contribution >= 4 is 49.5 Å². The van der Waals surface area contributed by atoms with Gasteiger partial charge in [0.25, 0.3) is 0 Å². The molecule has 0 amide bonds. The molecule has 3 aromatic rings. The van der Waals surface area contributed by atoms with Crippen molar-refractivity contribution in [3.8, 4) is 10.6 Å². The molecule has 104 valence electrons. The van der Waals surface area contributed by atoms with Gasteiger partial charge in [0, 0.05) is 11.9 Å². The Balaban J connectivity index is 2.04. The molecule has 0 radical (unpaired) electrons. The smallest absolute Gasteiger partial charge is 0.350 e. The van der Waals surface area contributed by atoms with Crippen LogP contribution >= 0.6 is 38.6 Å². The maximum Gasteiger partial charge on any atom is 0.350 e. The van der Waals surface area contributed by atoms with E-state index in [0.29, 0.717) is 11.5 Å². The topological polar surface area (TPSA) is 43.6 Å². The summed E-state index contributed by atoms with van der Waals surface area (Å²) >= 11 is 6.45. The highest BCUT2D eigenvalue weighted by molar-refractivity contribution is 9.11. The number of imidazole rings is 1. The first-order valence-corrected chi connectivity index (χ1v) is 8.44. The van der Waals surface area contributed by atoms with Gasteiger partial charge in [0.1, 0.15) is 10.6 Å². The fourth-order valence-electron chi connectivity index (χ4n) is 1.91. The van der Waals surface area contributed by atoms with Gasteiger partial charge in [-0.05, 0) is 41.9 Å². The van der Waals surface area contributed by atoms with Gasteiger partial charge in [-0.15, -0.1) is 11.3 Å². The molecular weight excluding hydrogens is 360 g/mol. The summed E-state index contributed by atoms with van der Waals surface area (Å²) in [5.74, 6) is -0.277. The van der Waals surface area contributed by atoms with Gasteiger partial charge < -0.3 is 4.74 Å². The molecule has 0 bridgehead atoms. The van der Waals surface area contributed by atoms with E-state index in [2.05, 4.69) is 20.9 Å². The SMILES string of the molecule is CCOC(=O)c1sc2nc(-c3ccc(Br)s3)cn2c1C. The maximum atomic E-state index is 11.8. The molecule has 0 aromatic carbocycles. The van der Waals surface area contributed by atoms with Crippen LogP contribution < -0.4 is 0 Å². The van der Waals surface area contributed by atoms with Gasteiger partial charge >= 0.3 is 5.97 Å². The zero-order chi connectivity index (χ0) is 14.3. The minimum atomic E-state index is -0.277. The van der Waals surface area contributed by atoms with Crippen LogP contribution in [0.1, 0.15) is 22.3 Å². The Morgan fingerprint density at radius 1 is 1.45 bits per heavy atom. The van der Waals surface area contributed by atoms with E-state index in [9.17, 15) is 4.79 Å². The number of hydrogen-bond acceptors (Lipinski definition) is 5. The number of esters is 1. The lowest BCUT2D eigenvalue weighted by atomic mass is 10.3. The monoisotopic (exact) mass is 370 g/mol. The average molecular weight is 371 g/mol. The fourth-order valence-corrected chi connectivity index (χ4v) is 4.25. The Morgan fingerprint density at radius 3 is 2.85 bits per heavy atom. The molecule has 20 heavy (non-hydrogen) atoms. The van der Waals surface area contributed by atoms with E-state index in [-0.39, 0.29) is 5.97 Å². The molecule has 0 atom stereocenters. The van der Waals surface area contributed by atoms with Crippen molar-refractivity contribution in [1.82, 2.24) is 9.38 Å². The molecule has 0 fully saturated rings. The van der Waals surface area contributed by atoms with Crippen LogP contribution in [-0.2, 0) is 4.74 Å². The number of halogens is 1. The van der Waals surface area contributed by atoms with Crippen LogP contribution in [0.4, 0.5) is 0 Å². The van der Waals surface area contributed by atoms with Crippen molar-refractivity contribution in [1.29, 1.82) is 0 Å². The second kappa shape index (κ2) is 5.31. The molecule has 3 rings (SSSR count). The first-order chi connectivity index (χ1) is 9.60. The Hall–Kier alpha value is -1.18. The Bertz CT molecular complexity index is 788. The second-order valence-corrected chi connectivity index (χ2v) is 7.56. The minimum absolute atomic E-state index is 0.277. The molecule has 0 unspecified atom stereocenters. The summed E-state index contributed by atoms with van der Waals surface area (Å²) in [6.45, 7) is 4.09. The number of ether oxygens (including phenoxy) is 1. The molecule has 3 heterocycles. The first kappa shape index (κ1) is 13.8. The number of thiazole rings is 1. The van der Waals surface area contributed by atoms with Crippen molar-refractivity contribution in [2.75, 3.05) is 6.61 Å². The van der Waals surface area contributed by atoms with Crippen molar-refractivity contribution in [2.45, 2.75) is 13.8 Å². The van der Waals surface area contributed by atoms with E-state index >= 15 is 0 Å². The molecule has 0 aliphatic heterocycles. The quantitative estimate of drug-likeness (QED) is 0.642. The standard InChI is InChI=1S/C13H11BrN2O2S2/c1-3-18-12(17)11-7(2)16-6-8(15-13(16)20-11)9-4-5-10(14)19-9/h4-6H,3H2,1-2H3. The number of aromatic nitrogens is 2. The number of nitrogens with zero attached hydrogens (tertiary/aromatic N) is 2. The summed E-state index contributed by atoms with van der Waals surface area (Å²) in [6.07, 6.45) is 1.96. The third kappa shape index (κ3) is 2.30. The molecule has 0 aliphatic rings. The lowest BCUT2D eigenvalue weighted by molar-refractivity contribution is 0.0531. The summed E-state index contributed by atoms with van der Waals surface area (Å²) in [5, 5.41) is 0. The van der Waals surface area contributed by atoms with Crippen molar-refractivity contribution < 1.29 is 9.53 Å². The van der Waals surface area contributed by atoms with Crippen molar-refractivity contribution in [3.05, 3.63) is 32.7 Å². The molecule has 4 nitrogen and oxygen atoms in total. The number of aryl methyl sites for hydroxylation is 1. The summed E-state index contributed by atoms with van der Waals surface area (Å²) in [5.41, 5.74) is 1.79. The lowest BCUT2D eigenvalue weighted by Gasteiger charge is -1.99. The van der Waals surface area contributed by atoms with Crippen LogP contribution in [0, 0.1) is 6.92 Å². The van der Waals surface area contributed by atoms with Gasteiger partial charge in [0.05, 0.1) is 15.3 Å². The maximum absolute atomic E-state index is 11.8. The molecule has 0 N–H and O–H groups in total. The summed E-state index contributed by atoms with van der Waals surface area (Å²) in [6, 6.07) is 4.03. The third-order valence-corrected chi connectivity index (χ3v) is 5.63. The van der Waals surface area contributed by atoms with Crippen LogP contribution in [-0.4, -0.2) is 22.0 Å². The van der Waals surface area contributed by atoms with Crippen LogP contribution in [0.2, 0.25) is 0 Å². The summed E-state index contributed by atoms with van der Waals surface area (Å²) in [7, 11) is 0. The van der Waals surface area contributed by atoms with E-state index in [0.717, 1.165) is 25.0 Å². The summed E-state index contributed by atoms with van der Waals surface area (Å²) < 4.78 is 8.07. The van der Waals surface area contributed by atoms with Crippen LogP contribution in [0.25, 0.3) is 15.5 Å². The molecule has 0 saturated carbocycles. The van der Waals surface area contributed by atoms with Gasteiger partial charge in [-0.2, -0.15) is 0 Å². The number of hydrogen-bond donors (Lipinski definition) is 0. The second-order valence-electron chi connectivity index (χ2n) is 4.12. The lowest BCUT2D eigenvalue weighted by Crippen LogP contribution is -2.04. The van der Waals surface area contributed by atoms with Gasteiger partial charge in [0.15, 0.2) is 4.96 Å². The Morgan fingerprint density at radius 2 is 2.25 bits per heavy atom. The first-order valence-electron chi connectivity index (χ1n) is 6.01. The van der Waals surface area contributed by atoms with Gasteiger partial charge in [0.2, 0.25) is 0 Å². The highest BCUT2D eigenvalue weighted by Gasteiger charge is 2.19. The predicted molar refractivity (Wildman–Crippen MR) is 84.8 cm³/mol. The molecule has 0 spiro atoms. The fraction of sp³-hybridized carbons (Fsp3) is 0.231. The van der Waals surface area contributed by atoms with Gasteiger partial charge in [-0.25, -0.2) is 9.78 Å². The van der Waals surface area contributed by atoms with E-state index in [1.54, 1.807) is 18.3 Å². The molecule has 7 heteroatoms. The van der Waals surface area contributed by atoms with E-state index < -0.39 is 0 Å². The molecule has 0 aliphatic carbocycles. The number of carbonyl (C=O) groups is 1. The minimum Gasteiger partial charge on any atom is -0.462 e.